The van der Waals surface area contributed by atoms with Crippen LogP contribution in [0.3, 0.4) is 0 Å². The second-order valence-electron chi connectivity index (χ2n) is 5.41. The fraction of sp³-hybridized carbons (Fsp3) is 0.600. The monoisotopic (exact) mass is 274 g/mol. The van der Waals surface area contributed by atoms with Crippen molar-refractivity contribution in [2.45, 2.75) is 58.7 Å². The molecule has 0 aliphatic carbocycles. The lowest BCUT2D eigenvalue weighted by Gasteiger charge is -2.22. The van der Waals surface area contributed by atoms with Gasteiger partial charge in [0.25, 0.3) is 0 Å². The zero-order chi connectivity index (χ0) is 14.8. The van der Waals surface area contributed by atoms with Crippen LogP contribution in [0.1, 0.15) is 57.6 Å². The third-order valence-corrected chi connectivity index (χ3v) is 3.09. The first-order chi connectivity index (χ1) is 8.62. The quantitative estimate of drug-likeness (QED) is 0.727. The standard InChI is InChI=1S/C15H21F3O/c1-9(2)12-6-7-13(10(3)4)14(8-12)19-11(5)15(16,17)18/h6-11H,1-5H3. The fourth-order valence-electron chi connectivity index (χ4n) is 1.75. The Morgan fingerprint density at radius 3 is 1.95 bits per heavy atom. The van der Waals surface area contributed by atoms with Gasteiger partial charge in [-0.3, -0.25) is 0 Å². The highest BCUT2D eigenvalue weighted by Crippen LogP contribution is 2.33. The second kappa shape index (κ2) is 5.85. The van der Waals surface area contributed by atoms with Gasteiger partial charge < -0.3 is 4.74 Å². The van der Waals surface area contributed by atoms with Crippen molar-refractivity contribution >= 4 is 0 Å². The zero-order valence-corrected chi connectivity index (χ0v) is 12.0. The number of alkyl halides is 3. The van der Waals surface area contributed by atoms with Crippen LogP contribution in [-0.2, 0) is 0 Å². The summed E-state index contributed by atoms with van der Waals surface area (Å²) in [6.45, 7) is 8.92. The average Bonchev–Trinajstić information content (AvgIpc) is 2.27. The molecule has 0 N–H and O–H groups in total. The maximum Gasteiger partial charge on any atom is 0.425 e. The van der Waals surface area contributed by atoms with E-state index in [-0.39, 0.29) is 11.8 Å². The number of hydrogen-bond donors (Lipinski definition) is 0. The normalized spacial score (nSPS) is 14.0. The summed E-state index contributed by atoms with van der Waals surface area (Å²) in [5.74, 6) is 0.715. The minimum absolute atomic E-state index is 0.122. The molecule has 0 radical (unpaired) electrons. The Kier molecular flexibility index (Phi) is 4.88. The largest absolute Gasteiger partial charge is 0.481 e. The molecule has 1 rings (SSSR count). The van der Waals surface area contributed by atoms with Crippen molar-refractivity contribution in [1.82, 2.24) is 0 Å². The Morgan fingerprint density at radius 2 is 1.53 bits per heavy atom. The van der Waals surface area contributed by atoms with Crippen LogP contribution in [0.4, 0.5) is 13.2 Å². The van der Waals surface area contributed by atoms with Crippen molar-refractivity contribution in [2.75, 3.05) is 0 Å². The molecule has 1 aromatic rings. The molecule has 1 aromatic carbocycles. The van der Waals surface area contributed by atoms with Crippen LogP contribution in [0.5, 0.6) is 5.75 Å². The highest BCUT2D eigenvalue weighted by atomic mass is 19.4. The van der Waals surface area contributed by atoms with Crippen LogP contribution >= 0.6 is 0 Å². The third kappa shape index (κ3) is 4.15. The number of benzene rings is 1. The Labute approximate surface area is 112 Å². The minimum Gasteiger partial charge on any atom is -0.481 e. The van der Waals surface area contributed by atoms with Crippen molar-refractivity contribution in [3.63, 3.8) is 0 Å². The molecule has 0 spiro atoms. The predicted octanol–water partition coefficient (Wildman–Crippen LogP) is 5.26. The van der Waals surface area contributed by atoms with Crippen LogP contribution in [0.15, 0.2) is 18.2 Å². The van der Waals surface area contributed by atoms with Crippen molar-refractivity contribution in [2.24, 2.45) is 0 Å². The SMILES string of the molecule is CC(C)c1ccc(C(C)C)c(OC(C)C(F)(F)F)c1. The van der Waals surface area contributed by atoms with Crippen LogP contribution in [0, 0.1) is 0 Å². The first-order valence-electron chi connectivity index (χ1n) is 6.50. The van der Waals surface area contributed by atoms with E-state index in [1.54, 1.807) is 6.07 Å². The summed E-state index contributed by atoms with van der Waals surface area (Å²) in [7, 11) is 0. The minimum atomic E-state index is -4.35. The van der Waals surface area contributed by atoms with Gasteiger partial charge in [0.15, 0.2) is 6.10 Å². The maximum atomic E-state index is 12.6. The summed E-state index contributed by atoms with van der Waals surface area (Å²) in [6, 6.07) is 5.53. The average molecular weight is 274 g/mol. The number of rotatable bonds is 4. The summed E-state index contributed by atoms with van der Waals surface area (Å²) >= 11 is 0. The molecule has 0 saturated carbocycles. The molecule has 1 nitrogen and oxygen atoms in total. The van der Waals surface area contributed by atoms with Gasteiger partial charge in [-0.15, -0.1) is 0 Å². The molecule has 0 fully saturated rings. The number of halogens is 3. The number of hydrogen-bond acceptors (Lipinski definition) is 1. The molecule has 0 heterocycles. The molecular weight excluding hydrogens is 253 g/mol. The smallest absolute Gasteiger partial charge is 0.425 e. The molecule has 0 aliphatic heterocycles. The van der Waals surface area contributed by atoms with Crippen molar-refractivity contribution in [1.29, 1.82) is 0 Å². The Morgan fingerprint density at radius 1 is 0.947 bits per heavy atom. The van der Waals surface area contributed by atoms with E-state index < -0.39 is 12.3 Å². The number of ether oxygens (including phenoxy) is 1. The van der Waals surface area contributed by atoms with E-state index in [2.05, 4.69) is 0 Å². The molecule has 1 atom stereocenters. The predicted molar refractivity (Wildman–Crippen MR) is 70.8 cm³/mol. The summed E-state index contributed by atoms with van der Waals surface area (Å²) < 4.78 is 42.9. The van der Waals surface area contributed by atoms with Crippen LogP contribution in [0.2, 0.25) is 0 Å². The van der Waals surface area contributed by atoms with Crippen molar-refractivity contribution in [3.8, 4) is 5.75 Å². The molecule has 0 bridgehead atoms. The molecule has 0 aliphatic rings. The first-order valence-corrected chi connectivity index (χ1v) is 6.50. The van der Waals surface area contributed by atoms with Gasteiger partial charge in [0.1, 0.15) is 5.75 Å². The van der Waals surface area contributed by atoms with E-state index in [1.807, 2.05) is 39.8 Å². The Balaban J connectivity index is 3.11. The summed E-state index contributed by atoms with van der Waals surface area (Å²) in [5, 5.41) is 0. The van der Waals surface area contributed by atoms with Crippen molar-refractivity contribution in [3.05, 3.63) is 29.3 Å². The van der Waals surface area contributed by atoms with E-state index in [0.29, 0.717) is 5.75 Å². The summed E-state index contributed by atoms with van der Waals surface area (Å²) in [5.41, 5.74) is 1.79. The second-order valence-corrected chi connectivity index (χ2v) is 5.41. The molecule has 0 aromatic heterocycles. The molecule has 108 valence electrons. The lowest BCUT2D eigenvalue weighted by atomic mass is 9.96. The fourth-order valence-corrected chi connectivity index (χ4v) is 1.75. The third-order valence-electron chi connectivity index (χ3n) is 3.09. The first kappa shape index (κ1) is 15.9. The Hall–Kier alpha value is -1.19. The molecule has 1 unspecified atom stereocenters. The van der Waals surface area contributed by atoms with Crippen LogP contribution in [-0.4, -0.2) is 12.3 Å². The zero-order valence-electron chi connectivity index (χ0n) is 12.0. The van der Waals surface area contributed by atoms with Gasteiger partial charge in [-0.1, -0.05) is 39.8 Å². The highest BCUT2D eigenvalue weighted by molar-refractivity contribution is 5.40. The highest BCUT2D eigenvalue weighted by Gasteiger charge is 2.38. The van der Waals surface area contributed by atoms with Gasteiger partial charge in [0, 0.05) is 0 Å². The Bertz CT molecular complexity index is 422. The van der Waals surface area contributed by atoms with Crippen LogP contribution < -0.4 is 4.74 Å². The van der Waals surface area contributed by atoms with E-state index in [0.717, 1.165) is 18.1 Å². The molecule has 4 heteroatoms. The van der Waals surface area contributed by atoms with Gasteiger partial charge in [-0.2, -0.15) is 13.2 Å². The molecule has 0 saturated heterocycles. The van der Waals surface area contributed by atoms with Gasteiger partial charge in [0.2, 0.25) is 0 Å². The van der Waals surface area contributed by atoms with E-state index in [9.17, 15) is 13.2 Å². The lowest BCUT2D eigenvalue weighted by Crippen LogP contribution is -2.31. The van der Waals surface area contributed by atoms with Gasteiger partial charge in [-0.25, -0.2) is 0 Å². The molecular formula is C15H21F3O. The van der Waals surface area contributed by atoms with Gasteiger partial charge in [0.05, 0.1) is 0 Å². The van der Waals surface area contributed by atoms with Crippen LogP contribution in [0.25, 0.3) is 0 Å². The maximum absolute atomic E-state index is 12.6. The van der Waals surface area contributed by atoms with Gasteiger partial charge >= 0.3 is 6.18 Å². The lowest BCUT2D eigenvalue weighted by molar-refractivity contribution is -0.189. The molecule has 0 amide bonds. The van der Waals surface area contributed by atoms with E-state index in [4.69, 9.17) is 4.74 Å². The van der Waals surface area contributed by atoms with Gasteiger partial charge in [-0.05, 0) is 36.0 Å². The summed E-state index contributed by atoms with van der Waals surface area (Å²) in [6.07, 6.45) is -6.14. The topological polar surface area (TPSA) is 9.23 Å². The van der Waals surface area contributed by atoms with Crippen molar-refractivity contribution < 1.29 is 17.9 Å². The van der Waals surface area contributed by atoms with E-state index in [1.165, 1.54) is 0 Å². The van der Waals surface area contributed by atoms with E-state index >= 15 is 0 Å². The molecule has 19 heavy (non-hydrogen) atoms. The summed E-state index contributed by atoms with van der Waals surface area (Å²) in [4.78, 5) is 0.